The fourth-order valence-electron chi connectivity index (χ4n) is 5.17. The Hall–Kier alpha value is -1.81. The second-order valence-electron chi connectivity index (χ2n) is 8.55. The van der Waals surface area contributed by atoms with E-state index in [-0.39, 0.29) is 11.9 Å². The van der Waals surface area contributed by atoms with Crippen LogP contribution in [0.3, 0.4) is 0 Å². The van der Waals surface area contributed by atoms with Crippen molar-refractivity contribution < 1.29 is 4.79 Å². The molecule has 5 heteroatoms. The molecule has 5 rings (SSSR count). The third-order valence-corrected chi connectivity index (χ3v) is 7.10. The average molecular weight is 384 g/mol. The molecule has 142 valence electrons. The van der Waals surface area contributed by atoms with Crippen LogP contribution in [-0.4, -0.2) is 21.5 Å². The summed E-state index contributed by atoms with van der Waals surface area (Å²) in [5.74, 6) is 2.87. The predicted molar refractivity (Wildman–Crippen MR) is 106 cm³/mol. The highest BCUT2D eigenvalue weighted by molar-refractivity contribution is 6.30. The maximum absolute atomic E-state index is 12.6. The second kappa shape index (κ2) is 6.66. The van der Waals surface area contributed by atoms with E-state index in [0.717, 1.165) is 24.2 Å². The van der Waals surface area contributed by atoms with Gasteiger partial charge in [0.1, 0.15) is 0 Å². The van der Waals surface area contributed by atoms with E-state index in [9.17, 15) is 4.79 Å². The summed E-state index contributed by atoms with van der Waals surface area (Å²) in [7, 11) is 0. The van der Waals surface area contributed by atoms with E-state index in [2.05, 4.69) is 28.0 Å². The summed E-state index contributed by atoms with van der Waals surface area (Å²) in [6.07, 6.45) is 10.4. The Bertz CT molecular complexity index is 829. The molecule has 0 radical (unpaired) electrons. The van der Waals surface area contributed by atoms with Crippen LogP contribution in [0.1, 0.15) is 67.0 Å². The van der Waals surface area contributed by atoms with E-state index < -0.39 is 0 Å². The van der Waals surface area contributed by atoms with Crippen LogP contribution >= 0.6 is 11.6 Å². The maximum atomic E-state index is 12.6. The molecule has 0 bridgehead atoms. The summed E-state index contributed by atoms with van der Waals surface area (Å²) < 4.78 is 2.35. The molecule has 3 aliphatic rings. The van der Waals surface area contributed by atoms with Crippen LogP contribution in [0.2, 0.25) is 5.02 Å². The highest BCUT2D eigenvalue weighted by atomic mass is 35.5. The largest absolute Gasteiger partial charge is 0.349 e. The highest BCUT2D eigenvalue weighted by Gasteiger charge is 2.58. The first kappa shape index (κ1) is 17.3. The zero-order valence-corrected chi connectivity index (χ0v) is 16.4. The smallest absolute Gasteiger partial charge is 0.251 e. The normalized spacial score (nSPS) is 30.0. The van der Waals surface area contributed by atoms with Gasteiger partial charge in [-0.15, -0.1) is 0 Å². The molecule has 27 heavy (non-hydrogen) atoms. The number of carbonyl (C=O) groups is 1. The number of rotatable bonds is 6. The summed E-state index contributed by atoms with van der Waals surface area (Å²) in [5, 5.41) is 3.93. The lowest BCUT2D eigenvalue weighted by molar-refractivity contribution is 0.0927. The van der Waals surface area contributed by atoms with Gasteiger partial charge in [0.2, 0.25) is 0 Å². The van der Waals surface area contributed by atoms with Crippen LogP contribution in [0.5, 0.6) is 0 Å². The molecule has 0 aliphatic heterocycles. The molecule has 1 heterocycles. The van der Waals surface area contributed by atoms with Crippen molar-refractivity contribution in [1.29, 1.82) is 0 Å². The molecule has 5 atom stereocenters. The summed E-state index contributed by atoms with van der Waals surface area (Å²) in [6.45, 7) is 2.18. The van der Waals surface area contributed by atoms with Gasteiger partial charge in [-0.05, 0) is 74.1 Å². The van der Waals surface area contributed by atoms with Crippen molar-refractivity contribution in [3.8, 4) is 0 Å². The molecule has 1 amide bonds. The van der Waals surface area contributed by atoms with Crippen molar-refractivity contribution in [2.75, 3.05) is 0 Å². The molecule has 2 aromatic rings. The van der Waals surface area contributed by atoms with E-state index in [1.165, 1.54) is 31.4 Å². The quantitative estimate of drug-likeness (QED) is 0.777. The number of hydrogen-bond donors (Lipinski definition) is 1. The zero-order chi connectivity index (χ0) is 18.5. The summed E-state index contributed by atoms with van der Waals surface area (Å²) in [6, 6.07) is 8.01. The van der Waals surface area contributed by atoms with Crippen molar-refractivity contribution in [3.05, 3.63) is 53.1 Å². The molecule has 1 aromatic carbocycles. The number of halogens is 1. The fraction of sp³-hybridized carbons (Fsp3) is 0.545. The zero-order valence-electron chi connectivity index (χ0n) is 15.6. The molecule has 3 fully saturated rings. The Balaban J connectivity index is 1.19. The molecule has 3 unspecified atom stereocenters. The Morgan fingerprint density at radius 1 is 1.26 bits per heavy atom. The lowest BCUT2D eigenvalue weighted by Gasteiger charge is -2.22. The number of aromatic nitrogens is 2. The van der Waals surface area contributed by atoms with E-state index in [4.69, 9.17) is 11.6 Å². The molecule has 0 saturated heterocycles. The van der Waals surface area contributed by atoms with Crippen molar-refractivity contribution in [1.82, 2.24) is 14.9 Å². The number of hydrogen-bond acceptors (Lipinski definition) is 2. The molecule has 1 N–H and O–H groups in total. The first-order valence-electron chi connectivity index (χ1n) is 10.2. The van der Waals surface area contributed by atoms with Crippen LogP contribution < -0.4 is 5.32 Å². The molecule has 0 spiro atoms. The number of nitrogens with one attached hydrogen (secondary N) is 1. The standard InChI is InChI=1S/C22H26ClN3O/c1-2-19(25-22(27)14-5-7-15(23)8-6-14)21-17-9-16(10-18(17)21)26-11-20(24-12-26)13-3-4-13/h5-8,11-13,16-19,21H,2-4,9-10H2,1H3,(H,25,27)/t16?,17-,18+,19?,21?. The molecular formula is C22H26ClN3O. The summed E-state index contributed by atoms with van der Waals surface area (Å²) in [4.78, 5) is 17.2. The summed E-state index contributed by atoms with van der Waals surface area (Å²) >= 11 is 5.92. The number of amides is 1. The van der Waals surface area contributed by atoms with Crippen LogP contribution in [0, 0.1) is 17.8 Å². The van der Waals surface area contributed by atoms with Gasteiger partial charge in [0.25, 0.3) is 5.91 Å². The fourth-order valence-corrected chi connectivity index (χ4v) is 5.30. The van der Waals surface area contributed by atoms with Crippen LogP contribution in [0.25, 0.3) is 0 Å². The van der Waals surface area contributed by atoms with E-state index in [1.807, 2.05) is 6.33 Å². The number of benzene rings is 1. The Morgan fingerprint density at radius 2 is 1.96 bits per heavy atom. The van der Waals surface area contributed by atoms with Gasteiger partial charge in [-0.2, -0.15) is 0 Å². The van der Waals surface area contributed by atoms with Gasteiger partial charge < -0.3 is 9.88 Å². The number of nitrogens with zero attached hydrogens (tertiary/aromatic N) is 2. The van der Waals surface area contributed by atoms with Gasteiger partial charge in [0.05, 0.1) is 12.0 Å². The van der Waals surface area contributed by atoms with Gasteiger partial charge in [-0.1, -0.05) is 18.5 Å². The van der Waals surface area contributed by atoms with Crippen LogP contribution in [-0.2, 0) is 0 Å². The molecule has 4 nitrogen and oxygen atoms in total. The van der Waals surface area contributed by atoms with Gasteiger partial charge in [-0.25, -0.2) is 4.98 Å². The number of fused-ring (bicyclic) bond motifs is 1. The lowest BCUT2D eigenvalue weighted by Crippen LogP contribution is -2.37. The van der Waals surface area contributed by atoms with Crippen molar-refractivity contribution in [2.24, 2.45) is 17.8 Å². The molecule has 3 aliphatic carbocycles. The lowest BCUT2D eigenvalue weighted by atomic mass is 9.99. The average Bonchev–Trinajstić information content (AvgIpc) is 3.53. The minimum absolute atomic E-state index is 0.0173. The first-order chi connectivity index (χ1) is 13.1. The minimum Gasteiger partial charge on any atom is -0.349 e. The van der Waals surface area contributed by atoms with Crippen molar-refractivity contribution in [2.45, 2.75) is 57.0 Å². The van der Waals surface area contributed by atoms with E-state index in [1.54, 1.807) is 24.3 Å². The Kier molecular flexibility index (Phi) is 4.27. The molecule has 3 saturated carbocycles. The van der Waals surface area contributed by atoms with Gasteiger partial charge in [0.15, 0.2) is 0 Å². The summed E-state index contributed by atoms with van der Waals surface area (Å²) in [5.41, 5.74) is 1.97. The molecule has 1 aromatic heterocycles. The third-order valence-electron chi connectivity index (χ3n) is 6.85. The van der Waals surface area contributed by atoms with Gasteiger partial charge >= 0.3 is 0 Å². The second-order valence-corrected chi connectivity index (χ2v) is 8.98. The van der Waals surface area contributed by atoms with Gasteiger partial charge in [0, 0.05) is 34.8 Å². The highest BCUT2D eigenvalue weighted by Crippen LogP contribution is 2.62. The van der Waals surface area contributed by atoms with Crippen LogP contribution in [0.4, 0.5) is 0 Å². The predicted octanol–water partition coefficient (Wildman–Crippen LogP) is 4.82. The van der Waals surface area contributed by atoms with E-state index >= 15 is 0 Å². The van der Waals surface area contributed by atoms with Gasteiger partial charge in [-0.3, -0.25) is 4.79 Å². The Morgan fingerprint density at radius 3 is 2.59 bits per heavy atom. The van der Waals surface area contributed by atoms with E-state index in [0.29, 0.717) is 22.5 Å². The first-order valence-corrected chi connectivity index (χ1v) is 10.6. The SMILES string of the molecule is CCC(NC(=O)c1ccc(Cl)cc1)C1[C@H]2CC(n3cnc(C4CC4)c3)C[C@@H]12. The minimum atomic E-state index is 0.0173. The number of imidazole rings is 1. The molecular weight excluding hydrogens is 358 g/mol. The monoisotopic (exact) mass is 383 g/mol. The number of carbonyl (C=O) groups excluding carboxylic acids is 1. The van der Waals surface area contributed by atoms with Crippen molar-refractivity contribution >= 4 is 17.5 Å². The van der Waals surface area contributed by atoms with Crippen molar-refractivity contribution in [3.63, 3.8) is 0 Å². The topological polar surface area (TPSA) is 46.9 Å². The maximum Gasteiger partial charge on any atom is 0.251 e. The third kappa shape index (κ3) is 3.29. The Labute approximate surface area is 165 Å². The van der Waals surface area contributed by atoms with Crippen LogP contribution in [0.15, 0.2) is 36.8 Å².